The van der Waals surface area contributed by atoms with Crippen molar-refractivity contribution in [2.24, 2.45) is 0 Å². The first kappa shape index (κ1) is 19.4. The summed E-state index contributed by atoms with van der Waals surface area (Å²) in [5.74, 6) is -0.191. The Morgan fingerprint density at radius 1 is 0.931 bits per heavy atom. The highest BCUT2D eigenvalue weighted by atomic mass is 35.5. The average molecular weight is 421 g/mol. The lowest BCUT2D eigenvalue weighted by Crippen LogP contribution is -2.14. The fourth-order valence-corrected chi connectivity index (χ4v) is 3.76. The van der Waals surface area contributed by atoms with Crippen LogP contribution < -0.4 is 5.32 Å². The number of hydrogen-bond donors (Lipinski definition) is 1. The molecule has 0 saturated carbocycles. The molecule has 1 heterocycles. The SMILES string of the molecule is Cc1ccc(C)c(NC(=O)c2cc(-c3ccc(Cl)cc3Cl)nc3ccccc23)c1. The quantitative estimate of drug-likeness (QED) is 0.384. The molecule has 0 unspecified atom stereocenters. The number of fused-ring (bicyclic) bond motifs is 1. The van der Waals surface area contributed by atoms with Gasteiger partial charge in [-0.25, -0.2) is 4.98 Å². The third kappa shape index (κ3) is 3.98. The van der Waals surface area contributed by atoms with Gasteiger partial charge in [-0.1, -0.05) is 53.5 Å². The summed E-state index contributed by atoms with van der Waals surface area (Å²) in [5, 5.41) is 4.86. The van der Waals surface area contributed by atoms with Crippen LogP contribution in [-0.4, -0.2) is 10.9 Å². The Hall–Kier alpha value is -2.88. The van der Waals surface area contributed by atoms with Crippen molar-refractivity contribution in [2.75, 3.05) is 5.32 Å². The Balaban J connectivity index is 1.84. The van der Waals surface area contributed by atoms with Gasteiger partial charge in [-0.05, 0) is 61.4 Å². The predicted octanol–water partition coefficient (Wildman–Crippen LogP) is 7.08. The van der Waals surface area contributed by atoms with Crippen molar-refractivity contribution in [3.63, 3.8) is 0 Å². The molecule has 5 heteroatoms. The largest absolute Gasteiger partial charge is 0.322 e. The second-order valence-electron chi connectivity index (χ2n) is 6.97. The molecule has 3 aromatic carbocycles. The van der Waals surface area contributed by atoms with Crippen molar-refractivity contribution in [3.05, 3.63) is 93.5 Å². The molecule has 0 fully saturated rings. The van der Waals surface area contributed by atoms with Gasteiger partial charge in [-0.15, -0.1) is 0 Å². The van der Waals surface area contributed by atoms with Crippen molar-refractivity contribution >= 4 is 45.7 Å². The number of anilines is 1. The molecule has 4 rings (SSSR count). The zero-order chi connectivity index (χ0) is 20.5. The van der Waals surface area contributed by atoms with Gasteiger partial charge in [-0.3, -0.25) is 4.79 Å². The number of nitrogens with one attached hydrogen (secondary N) is 1. The van der Waals surface area contributed by atoms with Gasteiger partial charge in [0.05, 0.1) is 21.8 Å². The number of hydrogen-bond acceptors (Lipinski definition) is 2. The first-order chi connectivity index (χ1) is 13.9. The fourth-order valence-electron chi connectivity index (χ4n) is 3.26. The number of amides is 1. The van der Waals surface area contributed by atoms with Crippen LogP contribution in [0.3, 0.4) is 0 Å². The van der Waals surface area contributed by atoms with Gasteiger partial charge in [0.1, 0.15) is 0 Å². The lowest BCUT2D eigenvalue weighted by molar-refractivity contribution is 0.102. The molecule has 1 aromatic heterocycles. The van der Waals surface area contributed by atoms with Crippen LogP contribution in [0.1, 0.15) is 21.5 Å². The van der Waals surface area contributed by atoms with Crippen LogP contribution >= 0.6 is 23.2 Å². The van der Waals surface area contributed by atoms with E-state index in [0.717, 1.165) is 33.3 Å². The maximum atomic E-state index is 13.2. The van der Waals surface area contributed by atoms with Gasteiger partial charge in [0.25, 0.3) is 5.91 Å². The number of nitrogens with zero attached hydrogens (tertiary/aromatic N) is 1. The fraction of sp³-hybridized carbons (Fsp3) is 0.0833. The van der Waals surface area contributed by atoms with E-state index >= 15 is 0 Å². The first-order valence-corrected chi connectivity index (χ1v) is 9.92. The molecule has 3 nitrogen and oxygen atoms in total. The molecule has 0 bridgehead atoms. The van der Waals surface area contributed by atoms with Crippen LogP contribution in [0.2, 0.25) is 10.0 Å². The monoisotopic (exact) mass is 420 g/mol. The summed E-state index contributed by atoms with van der Waals surface area (Å²) in [6.45, 7) is 3.97. The van der Waals surface area contributed by atoms with Gasteiger partial charge in [0.2, 0.25) is 0 Å². The Morgan fingerprint density at radius 2 is 1.72 bits per heavy atom. The predicted molar refractivity (Wildman–Crippen MR) is 121 cm³/mol. The van der Waals surface area contributed by atoms with E-state index in [1.54, 1.807) is 18.2 Å². The second kappa shape index (κ2) is 7.86. The zero-order valence-corrected chi connectivity index (χ0v) is 17.5. The van der Waals surface area contributed by atoms with E-state index in [0.29, 0.717) is 21.3 Å². The van der Waals surface area contributed by atoms with E-state index in [9.17, 15) is 4.79 Å². The van der Waals surface area contributed by atoms with E-state index in [-0.39, 0.29) is 5.91 Å². The summed E-state index contributed by atoms with van der Waals surface area (Å²) < 4.78 is 0. The van der Waals surface area contributed by atoms with E-state index in [4.69, 9.17) is 28.2 Å². The number of para-hydroxylation sites is 1. The van der Waals surface area contributed by atoms with Crippen LogP contribution in [0.15, 0.2) is 66.7 Å². The number of carbonyl (C=O) groups excluding carboxylic acids is 1. The van der Waals surface area contributed by atoms with Crippen molar-refractivity contribution in [3.8, 4) is 11.3 Å². The van der Waals surface area contributed by atoms with Crippen molar-refractivity contribution < 1.29 is 4.79 Å². The van der Waals surface area contributed by atoms with Gasteiger partial charge in [-0.2, -0.15) is 0 Å². The Kier molecular flexibility index (Phi) is 5.27. The van der Waals surface area contributed by atoms with Gasteiger partial charge < -0.3 is 5.32 Å². The number of aromatic nitrogens is 1. The maximum absolute atomic E-state index is 13.2. The molecular formula is C24H18Cl2N2O. The molecule has 0 saturated heterocycles. The molecule has 0 atom stereocenters. The standard InChI is InChI=1S/C24H18Cl2N2O/c1-14-7-8-15(2)22(11-14)28-24(29)19-13-23(18-10-9-16(25)12-20(18)26)27-21-6-4-3-5-17(19)21/h3-13H,1-2H3,(H,28,29). The van der Waals surface area contributed by atoms with Crippen LogP contribution in [-0.2, 0) is 0 Å². The molecule has 0 spiro atoms. The molecule has 0 radical (unpaired) electrons. The topological polar surface area (TPSA) is 42.0 Å². The van der Waals surface area contributed by atoms with Crippen LogP contribution in [0.5, 0.6) is 0 Å². The smallest absolute Gasteiger partial charge is 0.256 e. The van der Waals surface area contributed by atoms with Crippen LogP contribution in [0, 0.1) is 13.8 Å². The second-order valence-corrected chi connectivity index (χ2v) is 7.81. The molecule has 29 heavy (non-hydrogen) atoms. The normalized spacial score (nSPS) is 10.9. The highest BCUT2D eigenvalue weighted by Gasteiger charge is 2.16. The molecule has 1 N–H and O–H groups in total. The summed E-state index contributed by atoms with van der Waals surface area (Å²) in [5.41, 5.74) is 5.49. The summed E-state index contributed by atoms with van der Waals surface area (Å²) in [4.78, 5) is 17.9. The molecule has 0 aliphatic carbocycles. The van der Waals surface area contributed by atoms with E-state index in [1.165, 1.54) is 0 Å². The summed E-state index contributed by atoms with van der Waals surface area (Å²) in [7, 11) is 0. The minimum Gasteiger partial charge on any atom is -0.322 e. The van der Waals surface area contributed by atoms with Gasteiger partial charge >= 0.3 is 0 Å². The van der Waals surface area contributed by atoms with E-state index in [2.05, 4.69) is 5.32 Å². The van der Waals surface area contributed by atoms with Crippen LogP contribution in [0.25, 0.3) is 22.2 Å². The maximum Gasteiger partial charge on any atom is 0.256 e. The average Bonchev–Trinajstić information content (AvgIpc) is 2.70. The zero-order valence-electron chi connectivity index (χ0n) is 16.0. The summed E-state index contributed by atoms with van der Waals surface area (Å²) in [6, 6.07) is 20.6. The number of halogens is 2. The lowest BCUT2D eigenvalue weighted by Gasteiger charge is -2.13. The molecule has 0 aliphatic rings. The van der Waals surface area contributed by atoms with Gasteiger partial charge in [0, 0.05) is 21.7 Å². The Bertz CT molecular complexity index is 1250. The third-order valence-corrected chi connectivity index (χ3v) is 5.36. The molecular weight excluding hydrogens is 403 g/mol. The number of pyridine rings is 1. The number of benzene rings is 3. The minimum atomic E-state index is -0.191. The Labute approximate surface area is 179 Å². The van der Waals surface area contributed by atoms with Crippen molar-refractivity contribution in [1.29, 1.82) is 0 Å². The van der Waals surface area contributed by atoms with Gasteiger partial charge in [0.15, 0.2) is 0 Å². The Morgan fingerprint density at radius 3 is 2.52 bits per heavy atom. The summed E-state index contributed by atoms with van der Waals surface area (Å²) in [6.07, 6.45) is 0. The van der Waals surface area contributed by atoms with Crippen molar-refractivity contribution in [2.45, 2.75) is 13.8 Å². The van der Waals surface area contributed by atoms with Crippen molar-refractivity contribution in [1.82, 2.24) is 4.98 Å². The minimum absolute atomic E-state index is 0.191. The third-order valence-electron chi connectivity index (χ3n) is 4.81. The first-order valence-electron chi connectivity index (χ1n) is 9.16. The van der Waals surface area contributed by atoms with E-state index in [1.807, 2.05) is 62.4 Å². The number of aryl methyl sites for hydroxylation is 2. The van der Waals surface area contributed by atoms with Crippen LogP contribution in [0.4, 0.5) is 5.69 Å². The highest BCUT2D eigenvalue weighted by Crippen LogP contribution is 2.32. The van der Waals surface area contributed by atoms with E-state index < -0.39 is 0 Å². The summed E-state index contributed by atoms with van der Waals surface area (Å²) >= 11 is 12.4. The molecule has 0 aliphatic heterocycles. The highest BCUT2D eigenvalue weighted by molar-refractivity contribution is 6.36. The molecule has 144 valence electrons. The number of carbonyl (C=O) groups is 1. The molecule has 1 amide bonds. The lowest BCUT2D eigenvalue weighted by atomic mass is 10.0. The number of rotatable bonds is 3. The molecule has 4 aromatic rings.